The lowest BCUT2D eigenvalue weighted by molar-refractivity contribution is 0.431. The molecule has 3 N–H and O–H groups in total. The molecule has 10 heteroatoms. The van der Waals surface area contributed by atoms with Gasteiger partial charge in [-0.1, -0.05) is 76.7 Å². The van der Waals surface area contributed by atoms with E-state index in [9.17, 15) is 23.2 Å². The van der Waals surface area contributed by atoms with Crippen molar-refractivity contribution in [2.45, 2.75) is 4.75 Å². The molecular formula is C19H12Cl4O5S. The Balaban J connectivity index is 2.66. The Morgan fingerprint density at radius 3 is 1.90 bits per heavy atom. The molecule has 29 heavy (non-hydrogen) atoms. The molecule has 5 nitrogen and oxygen atoms in total. The fourth-order valence-corrected chi connectivity index (χ4v) is 5.56. The van der Waals surface area contributed by atoms with Gasteiger partial charge in [-0.2, -0.15) is 8.42 Å². The first-order valence-electron chi connectivity index (χ1n) is 7.91. The second-order valence-corrected chi connectivity index (χ2v) is 9.17. The fraction of sp³-hybridized carbons (Fsp3) is 0.0526. The molecule has 0 fully saturated rings. The van der Waals surface area contributed by atoms with Gasteiger partial charge in [-0.25, -0.2) is 0 Å². The molecule has 3 aromatic rings. The average Bonchev–Trinajstić information content (AvgIpc) is 2.65. The van der Waals surface area contributed by atoms with E-state index in [1.54, 1.807) is 6.07 Å². The maximum absolute atomic E-state index is 13.0. The molecular weight excluding hydrogens is 482 g/mol. The van der Waals surface area contributed by atoms with E-state index in [4.69, 9.17) is 46.4 Å². The molecule has 1 unspecified atom stereocenters. The monoisotopic (exact) mass is 492 g/mol. The summed E-state index contributed by atoms with van der Waals surface area (Å²) in [5, 5.41) is 19.7. The number of rotatable bonds is 4. The molecule has 0 aliphatic carbocycles. The van der Waals surface area contributed by atoms with Crippen molar-refractivity contribution in [1.29, 1.82) is 0 Å². The lowest BCUT2D eigenvalue weighted by atomic mass is 9.83. The van der Waals surface area contributed by atoms with Crippen molar-refractivity contribution in [1.82, 2.24) is 0 Å². The Morgan fingerprint density at radius 1 is 0.690 bits per heavy atom. The first-order valence-corrected chi connectivity index (χ1v) is 10.9. The minimum absolute atomic E-state index is 0.00797. The van der Waals surface area contributed by atoms with Crippen molar-refractivity contribution < 1.29 is 23.2 Å². The molecule has 0 aliphatic rings. The molecule has 3 rings (SSSR count). The van der Waals surface area contributed by atoms with E-state index < -0.39 is 31.4 Å². The quantitative estimate of drug-likeness (QED) is 0.311. The largest absolute Gasteiger partial charge is 0.506 e. The molecule has 0 aliphatic heterocycles. The normalized spacial score (nSPS) is 13.8. The maximum Gasteiger partial charge on any atom is 0.283 e. The summed E-state index contributed by atoms with van der Waals surface area (Å²) in [6, 6.07) is 12.2. The van der Waals surface area contributed by atoms with Crippen molar-refractivity contribution in [3.8, 4) is 11.5 Å². The minimum Gasteiger partial charge on any atom is -0.506 e. The van der Waals surface area contributed by atoms with Gasteiger partial charge >= 0.3 is 0 Å². The fourth-order valence-electron chi connectivity index (χ4n) is 3.21. The predicted molar refractivity (Wildman–Crippen MR) is 114 cm³/mol. The summed E-state index contributed by atoms with van der Waals surface area (Å²) in [6.45, 7) is 0. The number of halogens is 4. The van der Waals surface area contributed by atoms with Crippen LogP contribution in [0.1, 0.15) is 16.7 Å². The third kappa shape index (κ3) is 3.44. The van der Waals surface area contributed by atoms with Crippen LogP contribution in [-0.4, -0.2) is 23.2 Å². The summed E-state index contributed by atoms with van der Waals surface area (Å²) in [5.41, 5.74) is -0.648. The minimum atomic E-state index is -5.13. The standard InChI is InChI=1S/C19H12Cl4O5S/c20-13-6-2-1-4-10(13)19(29(26,27)28,11-5-3-7-14(21)16(11)22)12-8-9-15(24)17(23)18(12)25/h1-9,24-25H,(H,26,27,28). The number of phenols is 2. The molecule has 0 radical (unpaired) electrons. The van der Waals surface area contributed by atoms with Crippen LogP contribution in [0.15, 0.2) is 54.6 Å². The summed E-state index contributed by atoms with van der Waals surface area (Å²) in [6.07, 6.45) is 0. The maximum atomic E-state index is 13.0. The zero-order valence-electron chi connectivity index (χ0n) is 14.3. The Labute approximate surface area is 186 Å². The summed E-state index contributed by atoms with van der Waals surface area (Å²) in [7, 11) is -5.13. The van der Waals surface area contributed by atoms with Crippen LogP contribution < -0.4 is 0 Å². The van der Waals surface area contributed by atoms with E-state index in [1.165, 1.54) is 36.4 Å². The number of hydrogen-bond acceptors (Lipinski definition) is 4. The number of aromatic hydroxyl groups is 2. The van der Waals surface area contributed by atoms with Gasteiger partial charge in [-0.3, -0.25) is 4.55 Å². The van der Waals surface area contributed by atoms with Crippen molar-refractivity contribution in [2.24, 2.45) is 0 Å². The van der Waals surface area contributed by atoms with Gasteiger partial charge in [-0.15, -0.1) is 0 Å². The molecule has 3 aromatic carbocycles. The topological polar surface area (TPSA) is 94.8 Å². The molecule has 0 saturated heterocycles. The van der Waals surface area contributed by atoms with Gasteiger partial charge in [0, 0.05) is 21.7 Å². The predicted octanol–water partition coefficient (Wildman–Crippen LogP) is 5.89. The molecule has 152 valence electrons. The van der Waals surface area contributed by atoms with E-state index in [2.05, 4.69) is 0 Å². The van der Waals surface area contributed by atoms with Crippen molar-refractivity contribution >= 4 is 56.5 Å². The summed E-state index contributed by atoms with van der Waals surface area (Å²) >= 11 is 24.7. The van der Waals surface area contributed by atoms with Gasteiger partial charge in [0.15, 0.2) is 4.75 Å². The van der Waals surface area contributed by atoms with Crippen LogP contribution in [-0.2, 0) is 14.9 Å². The second kappa shape index (κ2) is 7.87. The van der Waals surface area contributed by atoms with Gasteiger partial charge in [0.05, 0.1) is 10.0 Å². The Bertz CT molecular complexity index is 1210. The zero-order chi connectivity index (χ0) is 21.6. The highest BCUT2D eigenvalue weighted by Crippen LogP contribution is 2.53. The third-order valence-corrected chi connectivity index (χ3v) is 7.40. The highest BCUT2D eigenvalue weighted by Gasteiger charge is 2.52. The highest BCUT2D eigenvalue weighted by molar-refractivity contribution is 7.87. The van der Waals surface area contributed by atoms with Crippen molar-refractivity contribution in [3.63, 3.8) is 0 Å². The molecule has 0 saturated carbocycles. The lowest BCUT2D eigenvalue weighted by Crippen LogP contribution is -2.39. The van der Waals surface area contributed by atoms with Crippen LogP contribution in [0.25, 0.3) is 0 Å². The van der Waals surface area contributed by atoms with E-state index in [0.29, 0.717) is 0 Å². The molecule has 0 aromatic heterocycles. The smallest absolute Gasteiger partial charge is 0.283 e. The van der Waals surface area contributed by atoms with E-state index in [-0.39, 0.29) is 31.8 Å². The van der Waals surface area contributed by atoms with E-state index >= 15 is 0 Å². The number of phenolic OH excluding ortho intramolecular Hbond substituents is 2. The van der Waals surface area contributed by atoms with Gasteiger partial charge < -0.3 is 10.2 Å². The SMILES string of the molecule is O=S(=O)(O)C(c1ccccc1Cl)(c1ccc(O)c(Cl)c1O)c1cccc(Cl)c1Cl. The first-order chi connectivity index (χ1) is 13.5. The molecule has 0 spiro atoms. The molecule has 0 amide bonds. The Morgan fingerprint density at radius 2 is 1.28 bits per heavy atom. The summed E-state index contributed by atoms with van der Waals surface area (Å²) in [4.78, 5) is 0. The van der Waals surface area contributed by atoms with Crippen LogP contribution >= 0.6 is 46.4 Å². The Hall–Kier alpha value is -1.67. The van der Waals surface area contributed by atoms with Gasteiger partial charge in [0.25, 0.3) is 10.1 Å². The van der Waals surface area contributed by atoms with Crippen LogP contribution in [0.5, 0.6) is 11.5 Å². The van der Waals surface area contributed by atoms with Crippen LogP contribution in [0.4, 0.5) is 0 Å². The van der Waals surface area contributed by atoms with Crippen LogP contribution in [0.2, 0.25) is 20.1 Å². The first kappa shape index (κ1) is 22.0. The van der Waals surface area contributed by atoms with Gasteiger partial charge in [0.1, 0.15) is 16.5 Å². The summed E-state index contributed by atoms with van der Waals surface area (Å²) < 4.78 is 34.0. The lowest BCUT2D eigenvalue weighted by Gasteiger charge is -2.34. The highest BCUT2D eigenvalue weighted by atomic mass is 35.5. The van der Waals surface area contributed by atoms with Crippen molar-refractivity contribution in [3.05, 3.63) is 91.4 Å². The van der Waals surface area contributed by atoms with Crippen LogP contribution in [0, 0.1) is 0 Å². The van der Waals surface area contributed by atoms with Gasteiger partial charge in [0.2, 0.25) is 0 Å². The second-order valence-electron chi connectivity index (χ2n) is 6.03. The van der Waals surface area contributed by atoms with E-state index in [1.807, 2.05) is 0 Å². The summed E-state index contributed by atoms with van der Waals surface area (Å²) in [5.74, 6) is -1.27. The molecule has 0 bridgehead atoms. The van der Waals surface area contributed by atoms with Crippen molar-refractivity contribution in [2.75, 3.05) is 0 Å². The van der Waals surface area contributed by atoms with Gasteiger partial charge in [-0.05, 0) is 24.3 Å². The van der Waals surface area contributed by atoms with Crippen LogP contribution in [0.3, 0.4) is 0 Å². The number of benzene rings is 3. The average molecular weight is 494 g/mol. The number of hydrogen-bond donors (Lipinski definition) is 3. The molecule has 0 heterocycles. The zero-order valence-corrected chi connectivity index (χ0v) is 18.1. The van der Waals surface area contributed by atoms with E-state index in [0.717, 1.165) is 12.1 Å². The third-order valence-electron chi connectivity index (χ3n) is 4.45. The molecule has 1 atom stereocenters. The Kier molecular flexibility index (Phi) is 5.98.